The molecule has 0 saturated heterocycles. The van der Waals surface area contributed by atoms with Crippen LogP contribution in [-0.4, -0.2) is 16.7 Å². The van der Waals surface area contributed by atoms with Crippen LogP contribution in [0.25, 0.3) is 0 Å². The third-order valence-corrected chi connectivity index (χ3v) is 0.915. The lowest BCUT2D eigenvalue weighted by Crippen LogP contribution is -2.24. The molecule has 3 heteroatoms. The number of aliphatic hydroxyl groups is 1. The van der Waals surface area contributed by atoms with Gasteiger partial charge in [0.1, 0.15) is 5.60 Å². The number of esters is 1. The van der Waals surface area contributed by atoms with Crippen molar-refractivity contribution in [2.45, 2.75) is 33.3 Å². The molecule has 3 nitrogen and oxygen atoms in total. The monoisotopic (exact) mass is 158 g/mol. The third-order valence-electron chi connectivity index (χ3n) is 0.915. The highest BCUT2D eigenvalue weighted by atomic mass is 16.6. The fourth-order valence-corrected chi connectivity index (χ4v) is 0.411. The maximum absolute atomic E-state index is 10.9. The number of rotatable bonds is 1. The fourth-order valence-electron chi connectivity index (χ4n) is 0.411. The van der Waals surface area contributed by atoms with Crippen molar-refractivity contribution in [3.63, 3.8) is 0 Å². The van der Waals surface area contributed by atoms with Crippen molar-refractivity contribution in [3.8, 4) is 0 Å². The average molecular weight is 158 g/mol. The Kier molecular flexibility index (Phi) is 3.11. The summed E-state index contributed by atoms with van der Waals surface area (Å²) in [5.41, 5.74) is -0.290. The Hall–Kier alpha value is -0.990. The number of ether oxygens (including phenoxy) is 1. The summed E-state index contributed by atoms with van der Waals surface area (Å²) in [6, 6.07) is 0. The zero-order chi connectivity index (χ0) is 9.07. The first kappa shape index (κ1) is 10.0. The fraction of sp³-hybridized carbons (Fsp3) is 0.625. The van der Waals surface area contributed by atoms with Crippen LogP contribution < -0.4 is 0 Å². The smallest absolute Gasteiger partial charge is 0.337 e. The summed E-state index contributed by atoms with van der Waals surface area (Å²) < 4.78 is 4.92. The number of hydrogen-bond acceptors (Lipinski definition) is 3. The van der Waals surface area contributed by atoms with Gasteiger partial charge in [-0.2, -0.15) is 0 Å². The Morgan fingerprint density at radius 2 is 1.91 bits per heavy atom. The molecule has 1 N–H and O–H groups in total. The van der Waals surface area contributed by atoms with Gasteiger partial charge in [-0.1, -0.05) is 0 Å². The van der Waals surface area contributed by atoms with E-state index in [1.807, 2.05) is 0 Å². The summed E-state index contributed by atoms with van der Waals surface area (Å²) >= 11 is 0. The maximum Gasteiger partial charge on any atom is 0.337 e. The molecule has 0 saturated carbocycles. The lowest BCUT2D eigenvalue weighted by atomic mass is 10.2. The van der Waals surface area contributed by atoms with Crippen molar-refractivity contribution >= 4 is 5.97 Å². The van der Waals surface area contributed by atoms with Crippen molar-refractivity contribution < 1.29 is 14.6 Å². The number of hydrogen-bond donors (Lipinski definition) is 1. The van der Waals surface area contributed by atoms with Gasteiger partial charge in [0.05, 0.1) is 11.8 Å². The summed E-state index contributed by atoms with van der Waals surface area (Å²) in [7, 11) is 0. The molecular formula is C8H14O3. The molecule has 0 fully saturated rings. The van der Waals surface area contributed by atoms with Crippen molar-refractivity contribution in [2.75, 3.05) is 0 Å². The van der Waals surface area contributed by atoms with Crippen molar-refractivity contribution in [1.29, 1.82) is 0 Å². The molecule has 0 aliphatic heterocycles. The quantitative estimate of drug-likeness (QED) is 0.359. The van der Waals surface area contributed by atoms with Crippen LogP contribution in [0.1, 0.15) is 27.7 Å². The maximum atomic E-state index is 10.9. The van der Waals surface area contributed by atoms with E-state index in [9.17, 15) is 4.79 Å². The van der Waals surface area contributed by atoms with Crippen LogP contribution >= 0.6 is 0 Å². The second-order valence-corrected chi connectivity index (χ2v) is 3.31. The van der Waals surface area contributed by atoms with Gasteiger partial charge in [-0.25, -0.2) is 4.79 Å². The van der Waals surface area contributed by atoms with E-state index in [1.54, 1.807) is 20.8 Å². The first-order chi connectivity index (χ1) is 4.87. The zero-order valence-corrected chi connectivity index (χ0v) is 7.34. The molecule has 0 atom stereocenters. The Labute approximate surface area is 66.7 Å². The van der Waals surface area contributed by atoms with E-state index in [0.29, 0.717) is 0 Å². The topological polar surface area (TPSA) is 46.5 Å². The van der Waals surface area contributed by atoms with Gasteiger partial charge in [0.2, 0.25) is 0 Å². The Morgan fingerprint density at radius 1 is 1.45 bits per heavy atom. The highest BCUT2D eigenvalue weighted by molar-refractivity contribution is 5.87. The zero-order valence-electron chi connectivity index (χ0n) is 7.34. The van der Waals surface area contributed by atoms with Crippen LogP contribution in [0, 0.1) is 0 Å². The largest absolute Gasteiger partial charge is 0.515 e. The third kappa shape index (κ3) is 4.42. The van der Waals surface area contributed by atoms with E-state index < -0.39 is 11.6 Å². The van der Waals surface area contributed by atoms with Crippen LogP contribution in [0.15, 0.2) is 11.8 Å². The van der Waals surface area contributed by atoms with Gasteiger partial charge in [-0.05, 0) is 27.7 Å². The summed E-state index contributed by atoms with van der Waals surface area (Å²) in [6.45, 7) is 6.81. The van der Waals surface area contributed by atoms with Gasteiger partial charge in [-0.15, -0.1) is 0 Å². The molecule has 64 valence electrons. The molecule has 0 aliphatic rings. The average Bonchev–Trinajstić information content (AvgIpc) is 1.82. The van der Waals surface area contributed by atoms with E-state index in [0.717, 1.165) is 6.26 Å². The van der Waals surface area contributed by atoms with Crippen LogP contribution in [-0.2, 0) is 9.53 Å². The van der Waals surface area contributed by atoms with Crippen molar-refractivity contribution in [2.24, 2.45) is 0 Å². The van der Waals surface area contributed by atoms with Gasteiger partial charge in [0, 0.05) is 0 Å². The van der Waals surface area contributed by atoms with E-state index >= 15 is 0 Å². The molecule has 0 aromatic rings. The Bertz CT molecular complexity index is 174. The second kappa shape index (κ2) is 3.42. The van der Waals surface area contributed by atoms with E-state index in [-0.39, 0.29) is 5.57 Å². The van der Waals surface area contributed by atoms with Crippen LogP contribution in [0.2, 0.25) is 0 Å². The van der Waals surface area contributed by atoms with E-state index in [1.165, 1.54) is 6.92 Å². The summed E-state index contributed by atoms with van der Waals surface area (Å²) in [5.74, 6) is -0.486. The number of carbonyl (C=O) groups is 1. The van der Waals surface area contributed by atoms with Crippen molar-refractivity contribution in [3.05, 3.63) is 11.8 Å². The lowest BCUT2D eigenvalue weighted by molar-refractivity contribution is -0.149. The molecular weight excluding hydrogens is 144 g/mol. The molecule has 0 amide bonds. The summed E-state index contributed by atoms with van der Waals surface area (Å²) in [6.07, 6.45) is 0.744. The second-order valence-electron chi connectivity index (χ2n) is 3.31. The van der Waals surface area contributed by atoms with Crippen LogP contribution in [0.5, 0.6) is 0 Å². The minimum atomic E-state index is -0.499. The lowest BCUT2D eigenvalue weighted by Gasteiger charge is -2.19. The molecule has 0 radical (unpaired) electrons. The molecule has 0 rings (SSSR count). The highest BCUT2D eigenvalue weighted by Crippen LogP contribution is 2.09. The van der Waals surface area contributed by atoms with E-state index in [2.05, 4.69) is 0 Å². The van der Waals surface area contributed by atoms with Crippen LogP contribution in [0.3, 0.4) is 0 Å². The van der Waals surface area contributed by atoms with Gasteiger partial charge in [-0.3, -0.25) is 0 Å². The molecule has 0 aliphatic carbocycles. The molecule has 11 heavy (non-hydrogen) atoms. The predicted octanol–water partition coefficient (Wildman–Crippen LogP) is 1.79. The molecule has 0 aromatic carbocycles. The van der Waals surface area contributed by atoms with Gasteiger partial charge < -0.3 is 9.84 Å². The van der Waals surface area contributed by atoms with Crippen LogP contribution in [0.4, 0.5) is 0 Å². The van der Waals surface area contributed by atoms with Gasteiger partial charge in [0.25, 0.3) is 0 Å². The van der Waals surface area contributed by atoms with Gasteiger partial charge >= 0.3 is 5.97 Å². The number of carbonyl (C=O) groups excluding carboxylic acids is 1. The molecule has 0 unspecified atom stereocenters. The first-order valence-corrected chi connectivity index (χ1v) is 3.41. The highest BCUT2D eigenvalue weighted by Gasteiger charge is 2.17. The Balaban J connectivity index is 4.10. The molecule has 0 heterocycles. The minimum absolute atomic E-state index is 0.208. The normalized spacial score (nSPS) is 12.9. The van der Waals surface area contributed by atoms with Gasteiger partial charge in [0.15, 0.2) is 0 Å². The number of aliphatic hydroxyl groups excluding tert-OH is 1. The van der Waals surface area contributed by atoms with E-state index in [4.69, 9.17) is 9.84 Å². The molecule has 0 spiro atoms. The first-order valence-electron chi connectivity index (χ1n) is 3.41. The predicted molar refractivity (Wildman–Crippen MR) is 42.2 cm³/mol. The Morgan fingerprint density at radius 3 is 2.18 bits per heavy atom. The minimum Gasteiger partial charge on any atom is -0.515 e. The van der Waals surface area contributed by atoms with Crippen molar-refractivity contribution in [1.82, 2.24) is 0 Å². The molecule has 0 bridgehead atoms. The summed E-state index contributed by atoms with van der Waals surface area (Å²) in [4.78, 5) is 10.9. The SMILES string of the molecule is C/C(=C\O)C(=O)OC(C)(C)C. The summed E-state index contributed by atoms with van der Waals surface area (Å²) in [5, 5.41) is 8.44. The molecule has 0 aromatic heterocycles. The standard InChI is InChI=1S/C8H14O3/c1-6(5-9)7(10)11-8(2,3)4/h5,9H,1-4H3/b6-5+.